The van der Waals surface area contributed by atoms with Crippen molar-refractivity contribution in [1.29, 1.82) is 0 Å². The van der Waals surface area contributed by atoms with Crippen LogP contribution in [0.4, 0.5) is 15.8 Å². The summed E-state index contributed by atoms with van der Waals surface area (Å²) in [4.78, 5) is 51.3. The van der Waals surface area contributed by atoms with Crippen LogP contribution >= 0.6 is 0 Å². The zero-order chi connectivity index (χ0) is 28.8. The quantitative estimate of drug-likeness (QED) is 0.231. The highest BCUT2D eigenvalue weighted by Crippen LogP contribution is 2.25. The van der Waals surface area contributed by atoms with Crippen LogP contribution in [0.5, 0.6) is 0 Å². The molecule has 0 aliphatic heterocycles. The number of anilines is 2. The summed E-state index contributed by atoms with van der Waals surface area (Å²) in [6, 6.07) is 9.58. The Morgan fingerprint density at radius 2 is 1.65 bits per heavy atom. The number of carboxylic acid groups (broad SMARTS) is 2. The van der Waals surface area contributed by atoms with Gasteiger partial charge in [-0.1, -0.05) is 6.07 Å². The van der Waals surface area contributed by atoms with Gasteiger partial charge in [0.05, 0.1) is 22.5 Å². The second-order valence-electron chi connectivity index (χ2n) is 8.72. The van der Waals surface area contributed by atoms with E-state index in [0.717, 1.165) is 6.07 Å². The number of carbonyl (C=O) groups is 4. The molecule has 0 radical (unpaired) electrons. The fraction of sp³-hybridized carbons (Fsp3) is 0.148. The number of nitrogens with zero attached hydrogens (tertiary/aromatic N) is 4. The Kier molecular flexibility index (Phi) is 8.23. The average molecular weight is 547 g/mol. The van der Waals surface area contributed by atoms with Gasteiger partial charge in [-0.15, -0.1) is 10.2 Å². The number of amides is 2. The van der Waals surface area contributed by atoms with Crippen molar-refractivity contribution in [1.82, 2.24) is 19.7 Å². The molecule has 4 N–H and O–H groups in total. The SMILES string of the molecule is CC(=O)Nc1cc(CCCc2cc(NC(=O)c3ccc(-n4ccnc4)nn3)c(C(=O)O)cc2F)ccc1C(=O)O. The van der Waals surface area contributed by atoms with Gasteiger partial charge in [-0.05, 0) is 66.8 Å². The van der Waals surface area contributed by atoms with E-state index in [2.05, 4.69) is 25.8 Å². The van der Waals surface area contributed by atoms with Crippen LogP contribution in [0.1, 0.15) is 55.7 Å². The molecular formula is C27H23FN6O6. The van der Waals surface area contributed by atoms with Crippen molar-refractivity contribution in [2.24, 2.45) is 0 Å². The molecule has 204 valence electrons. The normalized spacial score (nSPS) is 10.7. The molecule has 40 heavy (non-hydrogen) atoms. The van der Waals surface area contributed by atoms with E-state index in [4.69, 9.17) is 0 Å². The van der Waals surface area contributed by atoms with Gasteiger partial charge in [0.1, 0.15) is 12.1 Å². The highest BCUT2D eigenvalue weighted by molar-refractivity contribution is 6.06. The minimum Gasteiger partial charge on any atom is -0.478 e. The molecule has 0 aliphatic rings. The van der Waals surface area contributed by atoms with E-state index in [1.807, 2.05) is 0 Å². The largest absolute Gasteiger partial charge is 0.478 e. The van der Waals surface area contributed by atoms with E-state index in [0.29, 0.717) is 24.2 Å². The molecule has 0 saturated carbocycles. The Labute approximate surface area is 226 Å². The maximum absolute atomic E-state index is 14.8. The topological polar surface area (TPSA) is 176 Å². The molecule has 2 amide bonds. The van der Waals surface area contributed by atoms with Gasteiger partial charge < -0.3 is 20.8 Å². The molecule has 2 aromatic heterocycles. The number of aromatic nitrogens is 4. The lowest BCUT2D eigenvalue weighted by atomic mass is 9.99. The number of rotatable bonds is 10. The van der Waals surface area contributed by atoms with E-state index in [-0.39, 0.29) is 34.6 Å². The molecular weight excluding hydrogens is 523 g/mol. The highest BCUT2D eigenvalue weighted by atomic mass is 19.1. The maximum Gasteiger partial charge on any atom is 0.337 e. The summed E-state index contributed by atoms with van der Waals surface area (Å²) in [5.41, 5.74) is 0.366. The Balaban J connectivity index is 1.49. The molecule has 0 spiro atoms. The van der Waals surface area contributed by atoms with E-state index in [9.17, 15) is 33.8 Å². The lowest BCUT2D eigenvalue weighted by Crippen LogP contribution is -2.18. The molecule has 0 atom stereocenters. The molecule has 4 rings (SSSR count). The summed E-state index contributed by atoms with van der Waals surface area (Å²) >= 11 is 0. The monoisotopic (exact) mass is 546 g/mol. The number of aromatic carboxylic acids is 2. The van der Waals surface area contributed by atoms with Crippen LogP contribution in [0.25, 0.3) is 5.82 Å². The Bertz CT molecular complexity index is 1590. The summed E-state index contributed by atoms with van der Waals surface area (Å²) < 4.78 is 16.4. The Morgan fingerprint density at radius 1 is 0.900 bits per heavy atom. The van der Waals surface area contributed by atoms with Crippen LogP contribution in [-0.4, -0.2) is 53.7 Å². The van der Waals surface area contributed by atoms with Crippen LogP contribution < -0.4 is 10.6 Å². The predicted octanol–water partition coefficient (Wildman–Crippen LogP) is 3.58. The second-order valence-corrected chi connectivity index (χ2v) is 8.72. The summed E-state index contributed by atoms with van der Waals surface area (Å²) in [6.45, 7) is 1.27. The van der Waals surface area contributed by atoms with Crippen LogP contribution in [0.3, 0.4) is 0 Å². The number of carbonyl (C=O) groups excluding carboxylic acids is 2. The zero-order valence-electron chi connectivity index (χ0n) is 21.1. The van der Waals surface area contributed by atoms with Crippen molar-refractivity contribution in [2.75, 3.05) is 10.6 Å². The van der Waals surface area contributed by atoms with Crippen molar-refractivity contribution in [3.8, 4) is 5.82 Å². The van der Waals surface area contributed by atoms with Crippen molar-refractivity contribution in [3.05, 3.63) is 95.0 Å². The van der Waals surface area contributed by atoms with Gasteiger partial charge in [0, 0.05) is 19.3 Å². The Morgan fingerprint density at radius 3 is 2.27 bits per heavy atom. The molecule has 4 aromatic rings. The molecule has 13 heteroatoms. The van der Waals surface area contributed by atoms with Crippen molar-refractivity contribution >= 4 is 35.1 Å². The van der Waals surface area contributed by atoms with Gasteiger partial charge in [0.25, 0.3) is 5.91 Å². The summed E-state index contributed by atoms with van der Waals surface area (Å²) in [6.07, 6.45) is 5.72. The first-order valence-electron chi connectivity index (χ1n) is 12.0. The number of benzene rings is 2. The minimum atomic E-state index is -1.42. The first-order chi connectivity index (χ1) is 19.1. The van der Waals surface area contributed by atoms with Gasteiger partial charge in [0.2, 0.25) is 5.91 Å². The second kappa shape index (κ2) is 11.9. The zero-order valence-corrected chi connectivity index (χ0v) is 21.1. The van der Waals surface area contributed by atoms with Gasteiger partial charge in [-0.3, -0.25) is 14.2 Å². The lowest BCUT2D eigenvalue weighted by Gasteiger charge is -2.13. The van der Waals surface area contributed by atoms with E-state index < -0.39 is 35.1 Å². The van der Waals surface area contributed by atoms with Crippen LogP contribution in [0, 0.1) is 5.82 Å². The first kappa shape index (κ1) is 27.6. The molecule has 0 saturated heterocycles. The molecule has 2 aromatic carbocycles. The van der Waals surface area contributed by atoms with Gasteiger partial charge in [0.15, 0.2) is 11.5 Å². The number of nitrogens with one attached hydrogen (secondary N) is 2. The van der Waals surface area contributed by atoms with Crippen molar-refractivity contribution < 1.29 is 33.8 Å². The third kappa shape index (κ3) is 6.51. The molecule has 12 nitrogen and oxygen atoms in total. The molecule has 0 unspecified atom stereocenters. The minimum absolute atomic E-state index is 0.0595. The van der Waals surface area contributed by atoms with E-state index >= 15 is 0 Å². The summed E-state index contributed by atoms with van der Waals surface area (Å²) in [7, 11) is 0. The fourth-order valence-corrected chi connectivity index (χ4v) is 3.96. The molecule has 0 fully saturated rings. The van der Waals surface area contributed by atoms with E-state index in [1.165, 1.54) is 37.5 Å². The van der Waals surface area contributed by atoms with Gasteiger partial charge in [-0.25, -0.2) is 19.0 Å². The fourth-order valence-electron chi connectivity index (χ4n) is 3.96. The Hall–Kier alpha value is -5.46. The molecule has 0 bridgehead atoms. The number of hydrogen-bond donors (Lipinski definition) is 4. The molecule has 2 heterocycles. The highest BCUT2D eigenvalue weighted by Gasteiger charge is 2.19. The first-order valence-corrected chi connectivity index (χ1v) is 12.0. The number of aryl methyl sites for hydroxylation is 2. The number of hydrogen-bond acceptors (Lipinski definition) is 7. The number of imidazole rings is 1. The van der Waals surface area contributed by atoms with Crippen molar-refractivity contribution in [3.63, 3.8) is 0 Å². The smallest absolute Gasteiger partial charge is 0.337 e. The number of carboxylic acids is 2. The third-order valence-electron chi connectivity index (χ3n) is 5.85. The summed E-state index contributed by atoms with van der Waals surface area (Å²) in [5, 5.41) is 31.7. The molecule has 0 aliphatic carbocycles. The standard InChI is InChI=1S/C27H23FN6O6/c1-15(35)30-22-11-16(5-6-18(22)26(37)38)3-2-4-17-12-23(19(27(39)40)13-20(17)28)31-25(36)21-7-8-24(33-32-21)34-10-9-29-14-34/h5-14H,2-4H2,1H3,(H,30,35)(H,31,36)(H,37,38)(H,39,40). The lowest BCUT2D eigenvalue weighted by molar-refractivity contribution is -0.114. The van der Waals surface area contributed by atoms with Gasteiger partial charge >= 0.3 is 11.9 Å². The maximum atomic E-state index is 14.8. The third-order valence-corrected chi connectivity index (χ3v) is 5.85. The van der Waals surface area contributed by atoms with Crippen molar-refractivity contribution in [2.45, 2.75) is 26.2 Å². The number of halogens is 1. The average Bonchev–Trinajstić information content (AvgIpc) is 3.45. The van der Waals surface area contributed by atoms with Crippen LogP contribution in [0.2, 0.25) is 0 Å². The summed E-state index contributed by atoms with van der Waals surface area (Å²) in [5.74, 6) is -4.09. The van der Waals surface area contributed by atoms with Crippen LogP contribution in [0.15, 0.2) is 61.2 Å². The van der Waals surface area contributed by atoms with Crippen LogP contribution in [-0.2, 0) is 17.6 Å². The van der Waals surface area contributed by atoms with E-state index in [1.54, 1.807) is 29.1 Å². The predicted molar refractivity (Wildman–Crippen MR) is 140 cm³/mol. The van der Waals surface area contributed by atoms with Gasteiger partial charge in [-0.2, -0.15) is 0 Å².